The van der Waals surface area contributed by atoms with E-state index < -0.39 is 21.5 Å². The van der Waals surface area contributed by atoms with E-state index in [1.807, 2.05) is 44.2 Å². The number of esters is 1. The van der Waals surface area contributed by atoms with Crippen molar-refractivity contribution >= 4 is 16.8 Å². The first kappa shape index (κ1) is 14.0. The molecule has 2 atom stereocenters. The molecule has 0 fully saturated rings. The van der Waals surface area contributed by atoms with Crippen LogP contribution in [0.4, 0.5) is 0 Å². The van der Waals surface area contributed by atoms with Crippen LogP contribution in [-0.4, -0.2) is 23.0 Å². The minimum absolute atomic E-state index is 0.413. The van der Waals surface area contributed by atoms with Crippen LogP contribution in [0, 0.1) is 0 Å². The van der Waals surface area contributed by atoms with Gasteiger partial charge in [0.1, 0.15) is 0 Å². The van der Waals surface area contributed by atoms with Crippen molar-refractivity contribution in [2.75, 3.05) is 12.9 Å². The Balaban J connectivity index is 2.61. The van der Waals surface area contributed by atoms with Crippen molar-refractivity contribution in [3.63, 3.8) is 0 Å². The molecule has 0 N–H and O–H groups in total. The lowest BCUT2D eigenvalue weighted by Gasteiger charge is -2.35. The Morgan fingerprint density at radius 2 is 1.84 bits per heavy atom. The summed E-state index contributed by atoms with van der Waals surface area (Å²) < 4.78 is 16.5. The van der Waals surface area contributed by atoms with Gasteiger partial charge < -0.3 is 4.74 Å². The third-order valence-corrected chi connectivity index (χ3v) is 5.75. The molecule has 1 heterocycles. The van der Waals surface area contributed by atoms with Gasteiger partial charge in [-0.1, -0.05) is 41.5 Å². The maximum atomic E-state index is 12.6. The number of rotatable bonds is 2. The van der Waals surface area contributed by atoms with Gasteiger partial charge in [-0.3, -0.25) is 9.00 Å². The van der Waals surface area contributed by atoms with Crippen molar-refractivity contribution < 1.29 is 13.7 Å². The van der Waals surface area contributed by atoms with E-state index in [2.05, 4.69) is 0 Å². The summed E-state index contributed by atoms with van der Waals surface area (Å²) in [6.07, 6.45) is 0.460. The first-order valence-corrected chi connectivity index (χ1v) is 7.52. The molecule has 1 aromatic rings. The number of allylic oxidation sites excluding steroid dienone is 1. The lowest BCUT2D eigenvalue weighted by atomic mass is 9.89. The molecule has 3 nitrogen and oxygen atoms in total. The van der Waals surface area contributed by atoms with Gasteiger partial charge in [-0.25, -0.2) is 0 Å². The molecule has 1 aliphatic rings. The molecule has 0 saturated heterocycles. The number of carbonyl (C=O) groups is 1. The predicted molar refractivity (Wildman–Crippen MR) is 76.1 cm³/mol. The molecule has 0 amide bonds. The summed E-state index contributed by atoms with van der Waals surface area (Å²) >= 11 is 0. The Hall–Kier alpha value is -1.42. The summed E-state index contributed by atoms with van der Waals surface area (Å²) in [7, 11) is 0.0512. The zero-order valence-corrected chi connectivity index (χ0v) is 12.3. The van der Waals surface area contributed by atoms with Gasteiger partial charge >= 0.3 is 5.97 Å². The highest BCUT2D eigenvalue weighted by Gasteiger charge is 2.49. The summed E-state index contributed by atoms with van der Waals surface area (Å²) in [6, 6.07) is 9.30. The van der Waals surface area contributed by atoms with E-state index in [-0.39, 0.29) is 0 Å². The average Bonchev–Trinajstić information content (AvgIpc) is 2.43. The van der Waals surface area contributed by atoms with E-state index in [0.29, 0.717) is 12.2 Å². The van der Waals surface area contributed by atoms with Gasteiger partial charge in [0.2, 0.25) is 0 Å². The second kappa shape index (κ2) is 5.29. The third-order valence-electron chi connectivity index (χ3n) is 3.73. The van der Waals surface area contributed by atoms with E-state index in [9.17, 15) is 9.00 Å². The van der Waals surface area contributed by atoms with E-state index >= 15 is 0 Å². The topological polar surface area (TPSA) is 43.4 Å². The number of methoxy groups -OCH3 is 1. The van der Waals surface area contributed by atoms with Crippen molar-refractivity contribution in [1.82, 2.24) is 0 Å². The van der Waals surface area contributed by atoms with Crippen molar-refractivity contribution in [3.8, 4) is 0 Å². The number of hydrogen-bond donors (Lipinski definition) is 0. The van der Waals surface area contributed by atoms with Crippen molar-refractivity contribution in [1.29, 1.82) is 0 Å². The molecule has 0 unspecified atom stereocenters. The Bertz CT molecular complexity index is 548. The van der Waals surface area contributed by atoms with Crippen LogP contribution in [0.1, 0.15) is 25.8 Å². The van der Waals surface area contributed by atoms with Crippen LogP contribution < -0.4 is 0 Å². The molecule has 0 bridgehead atoms. The molecule has 0 radical (unpaired) electrons. The fourth-order valence-corrected chi connectivity index (χ4v) is 4.37. The van der Waals surface area contributed by atoms with Gasteiger partial charge in [-0.15, -0.1) is 0 Å². The van der Waals surface area contributed by atoms with Crippen LogP contribution in [0.15, 0.2) is 41.5 Å². The first-order chi connectivity index (χ1) is 9.02. The summed E-state index contributed by atoms with van der Waals surface area (Å²) in [4.78, 5) is 12.3. The Morgan fingerprint density at radius 3 is 2.42 bits per heavy atom. The minimum Gasteiger partial charge on any atom is -0.468 e. The van der Waals surface area contributed by atoms with E-state index in [1.165, 1.54) is 7.11 Å². The van der Waals surface area contributed by atoms with E-state index in [0.717, 1.165) is 16.7 Å². The molecule has 0 saturated carbocycles. The van der Waals surface area contributed by atoms with Gasteiger partial charge in [0.05, 0.1) is 7.11 Å². The zero-order valence-electron chi connectivity index (χ0n) is 11.4. The first-order valence-electron chi connectivity index (χ1n) is 6.20. The minimum atomic E-state index is -1.30. The number of ether oxygens (including phenoxy) is 1. The fraction of sp³-hybridized carbons (Fsp3) is 0.400. The third kappa shape index (κ3) is 2.25. The fourth-order valence-electron chi connectivity index (χ4n) is 2.44. The largest absolute Gasteiger partial charge is 0.468 e. The molecule has 0 aliphatic carbocycles. The smallest absolute Gasteiger partial charge is 0.329 e. The van der Waals surface area contributed by atoms with E-state index in [1.54, 1.807) is 0 Å². The van der Waals surface area contributed by atoms with E-state index in [4.69, 9.17) is 4.74 Å². The lowest BCUT2D eigenvalue weighted by molar-refractivity contribution is -0.144. The average molecular weight is 278 g/mol. The maximum Gasteiger partial charge on any atom is 0.329 e. The molecule has 4 heteroatoms. The SMILES string of the molecule is COC(=O)[C@@]1(c2ccccc2)CC(C)=C(C)C[S@]1=O. The van der Waals surface area contributed by atoms with Gasteiger partial charge in [0.15, 0.2) is 4.75 Å². The van der Waals surface area contributed by atoms with Crippen LogP contribution in [0.5, 0.6) is 0 Å². The van der Waals surface area contributed by atoms with Gasteiger partial charge in [0.25, 0.3) is 0 Å². The zero-order chi connectivity index (χ0) is 14.0. The van der Waals surface area contributed by atoms with Crippen LogP contribution in [-0.2, 0) is 25.1 Å². The summed E-state index contributed by atoms with van der Waals surface area (Å²) in [5, 5.41) is 0. The molecule has 19 heavy (non-hydrogen) atoms. The van der Waals surface area contributed by atoms with Gasteiger partial charge in [-0.2, -0.15) is 0 Å². The summed E-state index contributed by atoms with van der Waals surface area (Å²) in [6.45, 7) is 3.96. The van der Waals surface area contributed by atoms with Crippen molar-refractivity contribution in [2.24, 2.45) is 0 Å². The van der Waals surface area contributed by atoms with Gasteiger partial charge in [-0.05, 0) is 19.4 Å². The van der Waals surface area contributed by atoms with Crippen LogP contribution in [0.3, 0.4) is 0 Å². The summed E-state index contributed by atoms with van der Waals surface area (Å²) in [5.74, 6) is 0.0133. The highest BCUT2D eigenvalue weighted by atomic mass is 32.2. The molecule has 1 aromatic carbocycles. The molecular weight excluding hydrogens is 260 g/mol. The lowest BCUT2D eigenvalue weighted by Crippen LogP contribution is -2.45. The molecule has 2 rings (SSSR count). The number of hydrogen-bond acceptors (Lipinski definition) is 3. The maximum absolute atomic E-state index is 12.6. The quantitative estimate of drug-likeness (QED) is 0.617. The molecule has 1 aliphatic heterocycles. The second-order valence-electron chi connectivity index (χ2n) is 4.91. The Labute approximate surface area is 116 Å². The molecule has 0 aromatic heterocycles. The second-order valence-corrected chi connectivity index (χ2v) is 6.59. The van der Waals surface area contributed by atoms with Gasteiger partial charge in [0, 0.05) is 23.0 Å². The predicted octanol–water partition coefficient (Wildman–Crippen LogP) is 2.54. The number of carbonyl (C=O) groups excluding carboxylic acids is 1. The molecule has 102 valence electrons. The standard InChI is InChI=1S/C15H18O3S/c1-11-9-15(14(16)18-3,19(17)10-12(11)2)13-7-5-4-6-8-13/h4-8H,9-10H2,1-3H3/t15-,19+/m0/s1. The Kier molecular flexibility index (Phi) is 3.90. The summed E-state index contributed by atoms with van der Waals surface area (Å²) in [5.41, 5.74) is 3.00. The van der Waals surface area contributed by atoms with Crippen molar-refractivity contribution in [2.45, 2.75) is 25.0 Å². The van der Waals surface area contributed by atoms with Crippen LogP contribution in [0.25, 0.3) is 0 Å². The Morgan fingerprint density at radius 1 is 1.21 bits per heavy atom. The highest BCUT2D eigenvalue weighted by molar-refractivity contribution is 7.87. The molecular formula is C15H18O3S. The number of benzene rings is 1. The normalized spacial score (nSPS) is 27.2. The van der Waals surface area contributed by atoms with Crippen molar-refractivity contribution in [3.05, 3.63) is 47.0 Å². The van der Waals surface area contributed by atoms with Crippen LogP contribution >= 0.6 is 0 Å². The molecule has 0 spiro atoms. The van der Waals surface area contributed by atoms with Crippen LogP contribution in [0.2, 0.25) is 0 Å². The monoisotopic (exact) mass is 278 g/mol. The highest BCUT2D eigenvalue weighted by Crippen LogP contribution is 2.41.